The fraction of sp³-hybridized carbons (Fsp3) is 0.341. The lowest BCUT2D eigenvalue weighted by Gasteiger charge is -2.31. The third kappa shape index (κ3) is 9.07. The van der Waals surface area contributed by atoms with E-state index in [1.165, 1.54) is 0 Å². The van der Waals surface area contributed by atoms with Gasteiger partial charge >= 0.3 is 5.97 Å². The Hall–Kier alpha value is -5.35. The highest BCUT2D eigenvalue weighted by Gasteiger charge is 2.53. The number of nitrogens with zero attached hydrogens (tertiary/aromatic N) is 1. The lowest BCUT2D eigenvalue weighted by atomic mass is 9.83. The molecule has 4 aromatic carbocycles. The van der Waals surface area contributed by atoms with E-state index in [1.807, 2.05) is 78.9 Å². The number of para-hydroxylation sites is 1. The number of esters is 1. The molecule has 1 aliphatic heterocycles. The highest BCUT2D eigenvalue weighted by Crippen LogP contribution is 2.44. The van der Waals surface area contributed by atoms with Gasteiger partial charge in [-0.3, -0.25) is 9.59 Å². The molecule has 0 saturated heterocycles. The lowest BCUT2D eigenvalue weighted by molar-refractivity contribution is -0.155. The lowest BCUT2D eigenvalue weighted by Crippen LogP contribution is -2.48. The molecule has 1 heterocycles. The van der Waals surface area contributed by atoms with Crippen LogP contribution in [0.3, 0.4) is 0 Å². The van der Waals surface area contributed by atoms with Crippen LogP contribution in [0, 0.1) is 0 Å². The highest BCUT2D eigenvalue weighted by atomic mass is 16.6. The largest absolute Gasteiger partial charge is 0.494 e. The minimum absolute atomic E-state index is 0.0138. The minimum Gasteiger partial charge on any atom is -0.494 e. The quantitative estimate of drug-likeness (QED) is 0.103. The SMILES string of the molecule is COc1cccc(CNC(=O)[C@]2(CCC(=O)OC(C)(C)C)N=C(c3ccc(OCCCO)cc3)O[C@@H]2c2ccc(-c3ccccc3)cc2)c1OC. The van der Waals surface area contributed by atoms with E-state index < -0.39 is 29.1 Å². The third-order valence-corrected chi connectivity index (χ3v) is 8.40. The average molecular weight is 695 g/mol. The molecule has 1 aliphatic rings. The zero-order valence-electron chi connectivity index (χ0n) is 29.8. The van der Waals surface area contributed by atoms with Gasteiger partial charge in [0, 0.05) is 37.1 Å². The number of rotatable bonds is 15. The topological polar surface area (TPSA) is 125 Å². The van der Waals surface area contributed by atoms with E-state index in [-0.39, 0.29) is 31.9 Å². The Balaban J connectivity index is 1.55. The van der Waals surface area contributed by atoms with E-state index in [2.05, 4.69) is 5.32 Å². The van der Waals surface area contributed by atoms with Crippen molar-refractivity contribution in [3.8, 4) is 28.4 Å². The third-order valence-electron chi connectivity index (χ3n) is 8.40. The molecule has 0 radical (unpaired) electrons. The van der Waals surface area contributed by atoms with Gasteiger partial charge in [-0.1, -0.05) is 66.7 Å². The van der Waals surface area contributed by atoms with Crippen molar-refractivity contribution in [3.63, 3.8) is 0 Å². The van der Waals surface area contributed by atoms with Crippen molar-refractivity contribution in [3.05, 3.63) is 114 Å². The standard InChI is InChI=1S/C41H46N2O8/c1-40(2,3)51-35(45)23-24-41(39(46)42-27-32-13-9-14-34(47-4)36(32)48-5)37(30-17-15-29(16-18-30)28-11-7-6-8-12-28)50-38(43-41)31-19-21-33(22-20-31)49-26-10-25-44/h6-9,11-22,37,44H,10,23-27H2,1-5H3,(H,42,46)/t37-,41-/m1/s1. The fourth-order valence-corrected chi connectivity index (χ4v) is 5.96. The Morgan fingerprint density at radius 1 is 0.863 bits per heavy atom. The molecule has 0 fully saturated rings. The molecule has 5 rings (SSSR count). The number of hydrogen-bond acceptors (Lipinski definition) is 9. The summed E-state index contributed by atoms with van der Waals surface area (Å²) in [6.07, 6.45) is -0.435. The second-order valence-electron chi connectivity index (χ2n) is 13.2. The molecule has 0 bridgehead atoms. The van der Waals surface area contributed by atoms with E-state index in [0.717, 1.165) is 16.7 Å². The van der Waals surface area contributed by atoms with Crippen LogP contribution in [0.2, 0.25) is 0 Å². The number of hydrogen-bond donors (Lipinski definition) is 2. The first kappa shape index (κ1) is 36.9. The van der Waals surface area contributed by atoms with Crippen LogP contribution in [-0.2, 0) is 25.6 Å². The Bertz CT molecular complexity index is 1800. The molecule has 0 spiro atoms. The molecule has 1 amide bonds. The van der Waals surface area contributed by atoms with E-state index >= 15 is 0 Å². The molecular formula is C41H46N2O8. The zero-order chi connectivity index (χ0) is 36.4. The summed E-state index contributed by atoms with van der Waals surface area (Å²) in [6, 6.07) is 30.5. The first-order valence-electron chi connectivity index (χ1n) is 17.0. The number of nitrogens with one attached hydrogen (secondary N) is 1. The summed E-state index contributed by atoms with van der Waals surface area (Å²) < 4.78 is 29.1. The monoisotopic (exact) mass is 694 g/mol. The van der Waals surface area contributed by atoms with Crippen LogP contribution < -0.4 is 19.5 Å². The number of carbonyl (C=O) groups is 2. The number of amides is 1. The molecule has 0 aromatic heterocycles. The van der Waals surface area contributed by atoms with Gasteiger partial charge in [0.1, 0.15) is 11.4 Å². The van der Waals surface area contributed by atoms with E-state index in [0.29, 0.717) is 41.4 Å². The van der Waals surface area contributed by atoms with Crippen molar-refractivity contribution < 1.29 is 38.4 Å². The predicted octanol–water partition coefficient (Wildman–Crippen LogP) is 6.83. The van der Waals surface area contributed by atoms with Gasteiger partial charge in [0.15, 0.2) is 23.1 Å². The Labute approximate surface area is 299 Å². The molecule has 0 saturated carbocycles. The molecule has 51 heavy (non-hydrogen) atoms. The normalized spacial score (nSPS) is 16.8. The van der Waals surface area contributed by atoms with E-state index in [4.69, 9.17) is 33.8 Å². The molecule has 10 heteroatoms. The van der Waals surface area contributed by atoms with E-state index in [1.54, 1.807) is 53.2 Å². The average Bonchev–Trinajstić information content (AvgIpc) is 3.53. The van der Waals surface area contributed by atoms with Crippen LogP contribution in [0.5, 0.6) is 17.2 Å². The molecule has 2 atom stereocenters. The number of methoxy groups -OCH3 is 2. The first-order valence-corrected chi connectivity index (χ1v) is 17.0. The van der Waals surface area contributed by atoms with Crippen LogP contribution in [0.15, 0.2) is 102 Å². The molecule has 4 aromatic rings. The number of aliphatic hydroxyl groups excluding tert-OH is 1. The highest BCUT2D eigenvalue weighted by molar-refractivity contribution is 6.01. The summed E-state index contributed by atoms with van der Waals surface area (Å²) in [7, 11) is 3.10. The van der Waals surface area contributed by atoms with Gasteiger partial charge in [-0.2, -0.15) is 0 Å². The summed E-state index contributed by atoms with van der Waals surface area (Å²) in [5.74, 6) is 1.05. The van der Waals surface area contributed by atoms with Crippen molar-refractivity contribution >= 4 is 17.8 Å². The summed E-state index contributed by atoms with van der Waals surface area (Å²) in [5.41, 5.74) is 1.86. The van der Waals surface area contributed by atoms with Crippen molar-refractivity contribution in [2.75, 3.05) is 27.4 Å². The number of aliphatic imine (C=N–C) groups is 1. The number of aliphatic hydroxyl groups is 1. The smallest absolute Gasteiger partial charge is 0.306 e. The molecule has 10 nitrogen and oxygen atoms in total. The Morgan fingerprint density at radius 3 is 2.20 bits per heavy atom. The van der Waals surface area contributed by atoms with E-state index in [9.17, 15) is 9.59 Å². The fourth-order valence-electron chi connectivity index (χ4n) is 5.96. The summed E-state index contributed by atoms with van der Waals surface area (Å²) in [5, 5.41) is 12.2. The van der Waals surface area contributed by atoms with Crippen molar-refractivity contribution in [1.29, 1.82) is 0 Å². The summed E-state index contributed by atoms with van der Waals surface area (Å²) in [4.78, 5) is 32.9. The zero-order valence-corrected chi connectivity index (χ0v) is 29.8. The van der Waals surface area contributed by atoms with Crippen LogP contribution in [-0.4, -0.2) is 61.5 Å². The van der Waals surface area contributed by atoms with Gasteiger partial charge < -0.3 is 34.1 Å². The van der Waals surface area contributed by atoms with Gasteiger partial charge in [-0.15, -0.1) is 0 Å². The Kier molecular flexibility index (Phi) is 12.0. The van der Waals surface area contributed by atoms with Crippen molar-refractivity contribution in [2.45, 2.75) is 63.8 Å². The second kappa shape index (κ2) is 16.6. The van der Waals surface area contributed by atoms with Crippen molar-refractivity contribution in [1.82, 2.24) is 5.32 Å². The molecule has 0 aliphatic carbocycles. The van der Waals surface area contributed by atoms with Crippen LogP contribution in [0.4, 0.5) is 0 Å². The molecule has 2 N–H and O–H groups in total. The van der Waals surface area contributed by atoms with Crippen molar-refractivity contribution in [2.24, 2.45) is 4.99 Å². The maximum Gasteiger partial charge on any atom is 0.306 e. The maximum atomic E-state index is 14.7. The molecule has 0 unspecified atom stereocenters. The number of benzene rings is 4. The summed E-state index contributed by atoms with van der Waals surface area (Å²) >= 11 is 0. The number of carbonyl (C=O) groups excluding carboxylic acids is 2. The van der Waals surface area contributed by atoms with Gasteiger partial charge in [-0.25, -0.2) is 4.99 Å². The first-order chi connectivity index (χ1) is 24.6. The summed E-state index contributed by atoms with van der Waals surface area (Å²) in [6.45, 7) is 5.93. The second-order valence-corrected chi connectivity index (χ2v) is 13.2. The Morgan fingerprint density at radius 2 is 1.55 bits per heavy atom. The molecular weight excluding hydrogens is 648 g/mol. The van der Waals surface area contributed by atoms with Crippen LogP contribution >= 0.6 is 0 Å². The van der Waals surface area contributed by atoms with Gasteiger partial charge in [0.2, 0.25) is 5.90 Å². The van der Waals surface area contributed by atoms with Gasteiger partial charge in [-0.05, 0) is 74.2 Å². The van der Waals surface area contributed by atoms with Crippen LogP contribution in [0.1, 0.15) is 62.8 Å². The number of ether oxygens (including phenoxy) is 5. The molecule has 268 valence electrons. The van der Waals surface area contributed by atoms with Gasteiger partial charge in [0.25, 0.3) is 5.91 Å². The minimum atomic E-state index is -1.55. The maximum absolute atomic E-state index is 14.7. The predicted molar refractivity (Wildman–Crippen MR) is 195 cm³/mol. The van der Waals surface area contributed by atoms with Crippen LogP contribution in [0.25, 0.3) is 11.1 Å². The van der Waals surface area contributed by atoms with Gasteiger partial charge in [0.05, 0.1) is 20.8 Å².